The van der Waals surface area contributed by atoms with Gasteiger partial charge in [-0.1, -0.05) is 0 Å². The number of morpholine rings is 1. The number of rotatable bonds is 2. The Hall–Kier alpha value is -1.45. The molecule has 2 fully saturated rings. The lowest BCUT2D eigenvalue weighted by Crippen LogP contribution is -2.58. The van der Waals surface area contributed by atoms with E-state index in [9.17, 15) is 13.2 Å². The van der Waals surface area contributed by atoms with Gasteiger partial charge in [0.25, 0.3) is 10.0 Å². The predicted octanol–water partition coefficient (Wildman–Crippen LogP) is 0.131. The zero-order chi connectivity index (χ0) is 17.5. The number of aryl methyl sites for hydroxylation is 2. The number of nitrogens with zero attached hydrogens (tertiary/aromatic N) is 4. The SMILES string of the molecule is CC(=O)N1CCOC2(CCN(S(=O)(=O)c3cn(C)c(C)n3)CC2)C1. The van der Waals surface area contributed by atoms with Gasteiger partial charge in [0.05, 0.1) is 12.2 Å². The molecule has 3 heterocycles. The minimum absolute atomic E-state index is 0.0386. The maximum absolute atomic E-state index is 12.7. The third kappa shape index (κ3) is 3.07. The number of hydrogen-bond acceptors (Lipinski definition) is 5. The number of aromatic nitrogens is 2. The summed E-state index contributed by atoms with van der Waals surface area (Å²) >= 11 is 0. The van der Waals surface area contributed by atoms with Crippen molar-refractivity contribution in [2.75, 3.05) is 32.8 Å². The second-order valence-corrected chi connectivity index (χ2v) is 8.50. The summed E-state index contributed by atoms with van der Waals surface area (Å²) in [4.78, 5) is 17.6. The normalized spacial score (nSPS) is 22.0. The van der Waals surface area contributed by atoms with Crippen LogP contribution in [-0.2, 0) is 26.6 Å². The van der Waals surface area contributed by atoms with Gasteiger partial charge in [0.15, 0.2) is 5.03 Å². The maximum Gasteiger partial charge on any atom is 0.262 e. The van der Waals surface area contributed by atoms with Crippen LogP contribution < -0.4 is 0 Å². The molecule has 1 aromatic rings. The first kappa shape index (κ1) is 17.4. The predicted molar refractivity (Wildman–Crippen MR) is 86.9 cm³/mol. The molecule has 0 unspecified atom stereocenters. The number of carbonyl (C=O) groups is 1. The summed E-state index contributed by atoms with van der Waals surface area (Å²) in [7, 11) is -1.81. The van der Waals surface area contributed by atoms with Crippen molar-refractivity contribution in [3.8, 4) is 0 Å². The molecule has 2 aliphatic heterocycles. The van der Waals surface area contributed by atoms with Crippen LogP contribution in [0.1, 0.15) is 25.6 Å². The summed E-state index contributed by atoms with van der Waals surface area (Å²) in [5.74, 6) is 0.700. The molecule has 0 radical (unpaired) electrons. The molecular formula is C15H24N4O4S. The largest absolute Gasteiger partial charge is 0.371 e. The van der Waals surface area contributed by atoms with Gasteiger partial charge < -0.3 is 14.2 Å². The maximum atomic E-state index is 12.7. The van der Waals surface area contributed by atoms with Crippen molar-refractivity contribution < 1.29 is 17.9 Å². The summed E-state index contributed by atoms with van der Waals surface area (Å²) in [6.45, 7) is 5.74. The lowest BCUT2D eigenvalue weighted by molar-refractivity contribution is -0.155. The van der Waals surface area contributed by atoms with Gasteiger partial charge in [0, 0.05) is 46.3 Å². The molecule has 1 spiro atoms. The van der Waals surface area contributed by atoms with Crippen molar-refractivity contribution in [2.24, 2.45) is 7.05 Å². The minimum Gasteiger partial charge on any atom is -0.371 e. The highest BCUT2D eigenvalue weighted by Crippen LogP contribution is 2.32. The molecule has 0 aromatic carbocycles. The number of carbonyl (C=O) groups excluding carboxylic acids is 1. The molecule has 1 amide bonds. The minimum atomic E-state index is -3.58. The van der Waals surface area contributed by atoms with Crippen molar-refractivity contribution in [1.82, 2.24) is 18.8 Å². The molecular weight excluding hydrogens is 332 g/mol. The van der Waals surface area contributed by atoms with Crippen LogP contribution >= 0.6 is 0 Å². The summed E-state index contributed by atoms with van der Waals surface area (Å²) < 4.78 is 34.6. The Morgan fingerprint density at radius 1 is 1.29 bits per heavy atom. The Kier molecular flexibility index (Phi) is 4.43. The number of piperidine rings is 1. The summed E-state index contributed by atoms with van der Waals surface area (Å²) in [6.07, 6.45) is 2.72. The molecule has 8 nitrogen and oxygen atoms in total. The second-order valence-electron chi connectivity index (χ2n) is 6.61. The fourth-order valence-corrected chi connectivity index (χ4v) is 4.80. The molecule has 1 aromatic heterocycles. The van der Waals surface area contributed by atoms with Crippen molar-refractivity contribution in [2.45, 2.75) is 37.3 Å². The van der Waals surface area contributed by atoms with Gasteiger partial charge in [-0.2, -0.15) is 4.31 Å². The van der Waals surface area contributed by atoms with Gasteiger partial charge in [0.2, 0.25) is 5.91 Å². The summed E-state index contributed by atoms with van der Waals surface area (Å²) in [6, 6.07) is 0. The Bertz CT molecular complexity index is 715. The van der Waals surface area contributed by atoms with E-state index in [1.54, 1.807) is 36.6 Å². The third-order valence-corrected chi connectivity index (χ3v) is 6.79. The number of imidazole rings is 1. The Morgan fingerprint density at radius 2 is 1.96 bits per heavy atom. The number of sulfonamides is 1. The van der Waals surface area contributed by atoms with E-state index >= 15 is 0 Å². The highest BCUT2D eigenvalue weighted by atomic mass is 32.2. The standard InChI is InChI=1S/C15H24N4O4S/c1-12-16-14(10-17(12)3)24(21,22)19-6-4-15(5-7-19)11-18(13(2)20)8-9-23-15/h10H,4-9,11H2,1-3H3. The fourth-order valence-electron chi connectivity index (χ4n) is 3.33. The molecule has 3 rings (SSSR count). The highest BCUT2D eigenvalue weighted by molar-refractivity contribution is 7.89. The number of amides is 1. The molecule has 9 heteroatoms. The first-order chi connectivity index (χ1) is 11.2. The molecule has 0 aliphatic carbocycles. The van der Waals surface area contributed by atoms with Crippen LogP contribution in [0.5, 0.6) is 0 Å². The van der Waals surface area contributed by atoms with Crippen molar-refractivity contribution in [3.63, 3.8) is 0 Å². The zero-order valence-electron chi connectivity index (χ0n) is 14.4. The molecule has 134 valence electrons. The third-order valence-electron chi connectivity index (χ3n) is 5.02. The molecule has 0 bridgehead atoms. The first-order valence-electron chi connectivity index (χ1n) is 8.13. The van der Waals surface area contributed by atoms with Crippen LogP contribution in [-0.4, -0.2) is 71.5 Å². The van der Waals surface area contributed by atoms with Crippen LogP contribution in [0, 0.1) is 6.92 Å². The highest BCUT2D eigenvalue weighted by Gasteiger charge is 2.43. The molecule has 0 atom stereocenters. The van der Waals surface area contributed by atoms with Crippen LogP contribution in [0.15, 0.2) is 11.2 Å². The molecule has 0 saturated carbocycles. The summed E-state index contributed by atoms with van der Waals surface area (Å²) in [5.41, 5.74) is -0.421. The van der Waals surface area contributed by atoms with Crippen molar-refractivity contribution >= 4 is 15.9 Å². The molecule has 2 aliphatic rings. The van der Waals surface area contributed by atoms with Crippen LogP contribution in [0.25, 0.3) is 0 Å². The smallest absolute Gasteiger partial charge is 0.262 e. The van der Waals surface area contributed by atoms with Gasteiger partial charge in [-0.25, -0.2) is 13.4 Å². The zero-order valence-corrected chi connectivity index (χ0v) is 15.2. The van der Waals surface area contributed by atoms with Crippen molar-refractivity contribution in [3.05, 3.63) is 12.0 Å². The quantitative estimate of drug-likeness (QED) is 0.752. The molecule has 24 heavy (non-hydrogen) atoms. The molecule has 0 N–H and O–H groups in total. The number of hydrogen-bond donors (Lipinski definition) is 0. The van der Waals surface area contributed by atoms with Crippen LogP contribution in [0.3, 0.4) is 0 Å². The Morgan fingerprint density at radius 3 is 2.50 bits per heavy atom. The summed E-state index contributed by atoms with van der Waals surface area (Å²) in [5, 5.41) is 0.0911. The van der Waals surface area contributed by atoms with E-state index < -0.39 is 15.6 Å². The van der Waals surface area contributed by atoms with Crippen LogP contribution in [0.4, 0.5) is 0 Å². The number of ether oxygens (including phenoxy) is 1. The van der Waals surface area contributed by atoms with E-state index in [0.717, 1.165) is 0 Å². The fraction of sp³-hybridized carbons (Fsp3) is 0.733. The lowest BCUT2D eigenvalue weighted by Gasteiger charge is -2.46. The van der Waals surface area contributed by atoms with E-state index in [-0.39, 0.29) is 10.9 Å². The van der Waals surface area contributed by atoms with Crippen LogP contribution in [0.2, 0.25) is 0 Å². The Balaban J connectivity index is 1.71. The topological polar surface area (TPSA) is 84.7 Å². The molecule has 2 saturated heterocycles. The lowest BCUT2D eigenvalue weighted by atomic mass is 9.90. The average molecular weight is 356 g/mol. The monoisotopic (exact) mass is 356 g/mol. The van der Waals surface area contributed by atoms with E-state index in [1.807, 2.05) is 0 Å². The second kappa shape index (κ2) is 6.12. The van der Waals surface area contributed by atoms with E-state index in [4.69, 9.17) is 4.74 Å². The van der Waals surface area contributed by atoms with E-state index in [1.165, 1.54) is 4.31 Å². The van der Waals surface area contributed by atoms with Crippen molar-refractivity contribution in [1.29, 1.82) is 0 Å². The first-order valence-corrected chi connectivity index (χ1v) is 9.57. The average Bonchev–Trinajstić information content (AvgIpc) is 2.88. The van der Waals surface area contributed by atoms with Gasteiger partial charge in [0.1, 0.15) is 5.82 Å². The van der Waals surface area contributed by atoms with Gasteiger partial charge >= 0.3 is 0 Å². The Labute approximate surface area is 142 Å². The van der Waals surface area contributed by atoms with Gasteiger partial charge in [-0.05, 0) is 19.8 Å². The van der Waals surface area contributed by atoms with E-state index in [2.05, 4.69) is 4.98 Å². The van der Waals surface area contributed by atoms with Gasteiger partial charge in [-0.3, -0.25) is 4.79 Å². The van der Waals surface area contributed by atoms with Gasteiger partial charge in [-0.15, -0.1) is 0 Å². The van der Waals surface area contributed by atoms with E-state index in [0.29, 0.717) is 51.5 Å².